The van der Waals surface area contributed by atoms with E-state index in [4.69, 9.17) is 5.73 Å². The highest BCUT2D eigenvalue weighted by Gasteiger charge is 2.24. The van der Waals surface area contributed by atoms with Gasteiger partial charge in [0.1, 0.15) is 11.4 Å². The van der Waals surface area contributed by atoms with E-state index in [9.17, 15) is 18.4 Å². The summed E-state index contributed by atoms with van der Waals surface area (Å²) in [5.41, 5.74) is 4.27. The maximum Gasteiger partial charge on any atom is 0.260 e. The summed E-state index contributed by atoms with van der Waals surface area (Å²) in [6, 6.07) is 1.97. The molecule has 1 aromatic rings. The first kappa shape index (κ1) is 16.9. The number of nitrogens with zero attached hydrogens (tertiary/aromatic N) is 2. The first-order chi connectivity index (χ1) is 9.83. The van der Waals surface area contributed by atoms with Crippen LogP contribution in [-0.4, -0.2) is 48.3 Å². The highest BCUT2D eigenvalue weighted by molar-refractivity contribution is 5.97. The fourth-order valence-electron chi connectivity index (χ4n) is 1.91. The van der Waals surface area contributed by atoms with E-state index in [2.05, 4.69) is 0 Å². The van der Waals surface area contributed by atoms with Gasteiger partial charge in [-0.1, -0.05) is 0 Å². The van der Waals surface area contributed by atoms with Crippen molar-refractivity contribution >= 4 is 17.5 Å². The summed E-state index contributed by atoms with van der Waals surface area (Å²) in [4.78, 5) is 26.5. The van der Waals surface area contributed by atoms with Gasteiger partial charge in [0.15, 0.2) is 5.82 Å². The third-order valence-corrected chi connectivity index (χ3v) is 3.17. The number of hydrogen-bond acceptors (Lipinski definition) is 3. The maximum absolute atomic E-state index is 13.8. The summed E-state index contributed by atoms with van der Waals surface area (Å²) in [5, 5.41) is 0. The number of nitrogen functional groups attached to an aromatic ring is 1. The monoisotopic (exact) mass is 299 g/mol. The maximum atomic E-state index is 13.8. The van der Waals surface area contributed by atoms with Gasteiger partial charge in [-0.3, -0.25) is 9.59 Å². The van der Waals surface area contributed by atoms with Crippen LogP contribution in [0.1, 0.15) is 24.2 Å². The Hall–Kier alpha value is -2.18. The third-order valence-electron chi connectivity index (χ3n) is 3.17. The van der Waals surface area contributed by atoms with Crippen LogP contribution in [0, 0.1) is 11.6 Å². The molecule has 0 saturated carbocycles. The van der Waals surface area contributed by atoms with Crippen LogP contribution in [0.25, 0.3) is 0 Å². The van der Waals surface area contributed by atoms with Crippen molar-refractivity contribution in [3.63, 3.8) is 0 Å². The molecule has 0 aliphatic carbocycles. The van der Waals surface area contributed by atoms with Crippen LogP contribution in [0.15, 0.2) is 12.1 Å². The summed E-state index contributed by atoms with van der Waals surface area (Å²) in [6.45, 7) is 4.35. The van der Waals surface area contributed by atoms with E-state index >= 15 is 0 Å². The van der Waals surface area contributed by atoms with Crippen molar-refractivity contribution in [2.45, 2.75) is 13.8 Å². The van der Waals surface area contributed by atoms with Gasteiger partial charge in [0.2, 0.25) is 5.91 Å². The molecule has 116 valence electrons. The van der Waals surface area contributed by atoms with Gasteiger partial charge in [0.05, 0.1) is 12.2 Å². The van der Waals surface area contributed by atoms with Crippen LogP contribution < -0.4 is 5.73 Å². The van der Waals surface area contributed by atoms with Crippen molar-refractivity contribution in [2.24, 2.45) is 0 Å². The summed E-state index contributed by atoms with van der Waals surface area (Å²) in [7, 11) is 1.31. The largest absolute Gasteiger partial charge is 0.396 e. The SMILES string of the molecule is CCN(CC)C(=O)CN(C)C(=O)c1c(F)ccc(N)c1F. The zero-order chi connectivity index (χ0) is 16.2. The minimum Gasteiger partial charge on any atom is -0.396 e. The van der Waals surface area contributed by atoms with Gasteiger partial charge in [0.25, 0.3) is 5.91 Å². The number of hydrogen-bond donors (Lipinski definition) is 1. The first-order valence-corrected chi connectivity index (χ1v) is 6.60. The van der Waals surface area contributed by atoms with Gasteiger partial charge in [-0.25, -0.2) is 8.78 Å². The predicted octanol–water partition coefficient (Wildman–Crippen LogP) is 1.49. The Morgan fingerprint density at radius 3 is 2.29 bits per heavy atom. The van der Waals surface area contributed by atoms with Gasteiger partial charge in [-0.2, -0.15) is 0 Å². The molecule has 21 heavy (non-hydrogen) atoms. The number of benzene rings is 1. The molecule has 0 spiro atoms. The number of carbonyl (C=O) groups is 2. The first-order valence-electron chi connectivity index (χ1n) is 6.60. The fourth-order valence-corrected chi connectivity index (χ4v) is 1.91. The number of likely N-dealkylation sites (N-methyl/N-ethyl adjacent to an activating group) is 2. The zero-order valence-electron chi connectivity index (χ0n) is 12.3. The summed E-state index contributed by atoms with van der Waals surface area (Å²) < 4.78 is 27.4. The summed E-state index contributed by atoms with van der Waals surface area (Å²) in [6.07, 6.45) is 0. The van der Waals surface area contributed by atoms with E-state index in [1.165, 1.54) is 11.9 Å². The minimum absolute atomic E-state index is 0.256. The zero-order valence-corrected chi connectivity index (χ0v) is 12.3. The molecule has 0 aliphatic rings. The molecule has 0 bridgehead atoms. The van der Waals surface area contributed by atoms with Crippen LogP contribution in [0.4, 0.5) is 14.5 Å². The second-order valence-corrected chi connectivity index (χ2v) is 4.55. The van der Waals surface area contributed by atoms with Crippen molar-refractivity contribution in [3.8, 4) is 0 Å². The Kier molecular flexibility index (Phi) is 5.63. The van der Waals surface area contributed by atoms with Crippen LogP contribution in [0.2, 0.25) is 0 Å². The minimum atomic E-state index is -1.11. The van der Waals surface area contributed by atoms with Crippen LogP contribution in [0.3, 0.4) is 0 Å². The molecular formula is C14H19F2N3O2. The van der Waals surface area contributed by atoms with Crippen molar-refractivity contribution in [2.75, 3.05) is 32.4 Å². The van der Waals surface area contributed by atoms with E-state index in [1.54, 1.807) is 13.8 Å². The Bertz CT molecular complexity index is 545. The Balaban J connectivity index is 2.94. The van der Waals surface area contributed by atoms with Gasteiger partial charge in [-0.05, 0) is 26.0 Å². The second-order valence-electron chi connectivity index (χ2n) is 4.55. The molecule has 0 unspecified atom stereocenters. The molecule has 0 saturated heterocycles. The quantitative estimate of drug-likeness (QED) is 0.838. The van der Waals surface area contributed by atoms with E-state index < -0.39 is 23.1 Å². The molecule has 2 N–H and O–H groups in total. The molecule has 0 aromatic heterocycles. The lowest BCUT2D eigenvalue weighted by molar-refractivity contribution is -0.131. The molecular weight excluding hydrogens is 280 g/mol. The molecule has 1 rings (SSSR count). The summed E-state index contributed by atoms with van der Waals surface area (Å²) >= 11 is 0. The molecule has 1 aromatic carbocycles. The summed E-state index contributed by atoms with van der Waals surface area (Å²) in [5.74, 6) is -3.32. The van der Waals surface area contributed by atoms with Crippen molar-refractivity contribution in [1.82, 2.24) is 9.80 Å². The normalized spacial score (nSPS) is 10.3. The standard InChI is InChI=1S/C14H19F2N3O2/c1-4-19(5-2)11(20)8-18(3)14(21)12-9(15)6-7-10(17)13(12)16/h6-7H,4-5,8,17H2,1-3H3. The molecule has 7 heteroatoms. The average Bonchev–Trinajstić information content (AvgIpc) is 2.44. The number of rotatable bonds is 5. The number of anilines is 1. The molecule has 5 nitrogen and oxygen atoms in total. The highest BCUT2D eigenvalue weighted by Crippen LogP contribution is 2.20. The van der Waals surface area contributed by atoms with Crippen LogP contribution in [0.5, 0.6) is 0 Å². The number of amides is 2. The van der Waals surface area contributed by atoms with E-state index in [-0.39, 0.29) is 18.1 Å². The fraction of sp³-hybridized carbons (Fsp3) is 0.429. The molecule has 0 fully saturated rings. The number of carbonyl (C=O) groups excluding carboxylic acids is 2. The van der Waals surface area contributed by atoms with Gasteiger partial charge in [0, 0.05) is 20.1 Å². The highest BCUT2D eigenvalue weighted by atomic mass is 19.1. The average molecular weight is 299 g/mol. The van der Waals surface area contributed by atoms with Crippen molar-refractivity contribution in [3.05, 3.63) is 29.3 Å². The third kappa shape index (κ3) is 3.68. The molecule has 0 heterocycles. The number of nitrogens with two attached hydrogens (primary N) is 1. The van der Waals surface area contributed by atoms with E-state index in [1.807, 2.05) is 0 Å². The molecule has 2 amide bonds. The Morgan fingerprint density at radius 2 is 1.76 bits per heavy atom. The van der Waals surface area contributed by atoms with E-state index in [0.29, 0.717) is 13.1 Å². The van der Waals surface area contributed by atoms with Crippen molar-refractivity contribution < 1.29 is 18.4 Å². The smallest absolute Gasteiger partial charge is 0.260 e. The Morgan fingerprint density at radius 1 is 1.19 bits per heavy atom. The predicted molar refractivity (Wildman–Crippen MR) is 75.7 cm³/mol. The lowest BCUT2D eigenvalue weighted by Gasteiger charge is -2.23. The number of halogens is 2. The topological polar surface area (TPSA) is 66.6 Å². The van der Waals surface area contributed by atoms with Gasteiger partial charge >= 0.3 is 0 Å². The molecule has 0 radical (unpaired) electrons. The van der Waals surface area contributed by atoms with Gasteiger partial charge in [-0.15, -0.1) is 0 Å². The van der Waals surface area contributed by atoms with E-state index in [0.717, 1.165) is 17.0 Å². The van der Waals surface area contributed by atoms with Gasteiger partial charge < -0.3 is 15.5 Å². The second kappa shape index (κ2) is 7.01. The lowest BCUT2D eigenvalue weighted by atomic mass is 10.1. The molecule has 0 atom stereocenters. The molecule has 0 aliphatic heterocycles. The van der Waals surface area contributed by atoms with Crippen molar-refractivity contribution in [1.29, 1.82) is 0 Å². The van der Waals surface area contributed by atoms with Crippen LogP contribution in [-0.2, 0) is 4.79 Å². The Labute approximate surface area is 122 Å². The van der Waals surface area contributed by atoms with Crippen LogP contribution >= 0.6 is 0 Å². The lowest BCUT2D eigenvalue weighted by Crippen LogP contribution is -2.41.